The van der Waals surface area contributed by atoms with Crippen LogP contribution in [0.15, 0.2) is 36.4 Å². The van der Waals surface area contributed by atoms with Crippen molar-refractivity contribution >= 4 is 28.7 Å². The molecule has 2 heteroatoms. The first-order valence-corrected chi connectivity index (χ1v) is 4.80. The first-order chi connectivity index (χ1) is 6.83. The average molecular weight is 205 g/mol. The van der Waals surface area contributed by atoms with Crippen molar-refractivity contribution < 1.29 is 4.79 Å². The summed E-state index contributed by atoms with van der Waals surface area (Å²) >= 11 is 6.16. The lowest BCUT2D eigenvalue weighted by Gasteiger charge is -2.04. The van der Waals surface area contributed by atoms with Crippen molar-refractivity contribution in [3.63, 3.8) is 0 Å². The summed E-state index contributed by atoms with van der Waals surface area (Å²) in [4.78, 5) is 10.4. The third-order valence-electron chi connectivity index (χ3n) is 2.25. The second kappa shape index (κ2) is 3.81. The van der Waals surface area contributed by atoms with Crippen molar-refractivity contribution in [2.75, 3.05) is 0 Å². The molecule has 1 nitrogen and oxygen atoms in total. The standard InChI is InChI=1S/C12H9ClO/c13-12-10(7-8-14)6-5-9-3-1-2-4-11(9)12/h1-6,8H,7H2. The van der Waals surface area contributed by atoms with Crippen LogP contribution in [0.5, 0.6) is 0 Å². The predicted octanol–water partition coefficient (Wildman–Crippen LogP) is 3.23. The average Bonchev–Trinajstić information content (AvgIpc) is 2.23. The lowest BCUT2D eigenvalue weighted by molar-refractivity contribution is -0.107. The molecule has 0 saturated carbocycles. The molecule has 0 saturated heterocycles. The van der Waals surface area contributed by atoms with Crippen molar-refractivity contribution in [2.45, 2.75) is 6.42 Å². The lowest BCUT2D eigenvalue weighted by Crippen LogP contribution is -1.88. The van der Waals surface area contributed by atoms with E-state index >= 15 is 0 Å². The molecule has 2 rings (SSSR count). The number of fused-ring (bicyclic) bond motifs is 1. The summed E-state index contributed by atoms with van der Waals surface area (Å²) in [5, 5.41) is 2.80. The van der Waals surface area contributed by atoms with Crippen LogP contribution in [-0.2, 0) is 11.2 Å². The molecular weight excluding hydrogens is 196 g/mol. The second-order valence-electron chi connectivity index (χ2n) is 3.13. The van der Waals surface area contributed by atoms with Crippen LogP contribution in [0.2, 0.25) is 5.02 Å². The molecule has 0 amide bonds. The van der Waals surface area contributed by atoms with Crippen LogP contribution in [0.25, 0.3) is 10.8 Å². The Hall–Kier alpha value is -1.34. The van der Waals surface area contributed by atoms with Gasteiger partial charge in [0.2, 0.25) is 0 Å². The van der Waals surface area contributed by atoms with Crippen LogP contribution in [0.3, 0.4) is 0 Å². The number of hydrogen-bond donors (Lipinski definition) is 0. The highest BCUT2D eigenvalue weighted by Crippen LogP contribution is 2.26. The van der Waals surface area contributed by atoms with Crippen molar-refractivity contribution in [2.24, 2.45) is 0 Å². The highest BCUT2D eigenvalue weighted by molar-refractivity contribution is 6.36. The van der Waals surface area contributed by atoms with Crippen LogP contribution in [0, 0.1) is 0 Å². The van der Waals surface area contributed by atoms with Gasteiger partial charge in [-0.25, -0.2) is 0 Å². The number of aldehydes is 1. The molecule has 0 bridgehead atoms. The summed E-state index contributed by atoms with van der Waals surface area (Å²) in [6.45, 7) is 0. The van der Waals surface area contributed by atoms with Crippen molar-refractivity contribution in [1.29, 1.82) is 0 Å². The molecule has 0 aromatic heterocycles. The zero-order valence-corrected chi connectivity index (χ0v) is 8.29. The molecule has 0 heterocycles. The molecular formula is C12H9ClO. The molecule has 14 heavy (non-hydrogen) atoms. The molecule has 0 aliphatic rings. The number of carbonyl (C=O) groups is 1. The molecule has 0 fully saturated rings. The zero-order valence-electron chi connectivity index (χ0n) is 7.53. The number of rotatable bonds is 2. The summed E-state index contributed by atoms with van der Waals surface area (Å²) < 4.78 is 0. The van der Waals surface area contributed by atoms with E-state index in [1.807, 2.05) is 36.4 Å². The minimum atomic E-state index is 0.379. The molecule has 2 aromatic rings. The summed E-state index contributed by atoms with van der Waals surface area (Å²) in [6.07, 6.45) is 1.25. The predicted molar refractivity (Wildman–Crippen MR) is 58.7 cm³/mol. The van der Waals surface area contributed by atoms with Crippen LogP contribution in [-0.4, -0.2) is 6.29 Å². The molecule has 0 atom stereocenters. The molecule has 0 N–H and O–H groups in total. The normalized spacial score (nSPS) is 10.4. The highest BCUT2D eigenvalue weighted by Gasteiger charge is 2.03. The van der Waals surface area contributed by atoms with Crippen LogP contribution < -0.4 is 0 Å². The largest absolute Gasteiger partial charge is 0.303 e. The number of halogens is 1. The van der Waals surface area contributed by atoms with Gasteiger partial charge >= 0.3 is 0 Å². The molecule has 70 valence electrons. The second-order valence-corrected chi connectivity index (χ2v) is 3.51. The maximum absolute atomic E-state index is 10.4. The van der Waals surface area contributed by atoms with Crippen molar-refractivity contribution in [3.8, 4) is 0 Å². The van der Waals surface area contributed by atoms with Crippen LogP contribution in [0.4, 0.5) is 0 Å². The first-order valence-electron chi connectivity index (χ1n) is 4.42. The Labute approximate surface area is 87.3 Å². The van der Waals surface area contributed by atoms with E-state index in [1.54, 1.807) is 0 Å². The lowest BCUT2D eigenvalue weighted by atomic mass is 10.1. The zero-order chi connectivity index (χ0) is 9.97. The molecule has 2 aromatic carbocycles. The van der Waals surface area contributed by atoms with E-state index in [0.717, 1.165) is 22.6 Å². The number of hydrogen-bond acceptors (Lipinski definition) is 1. The molecule has 0 aliphatic carbocycles. The van der Waals surface area contributed by atoms with Crippen LogP contribution in [0.1, 0.15) is 5.56 Å². The van der Waals surface area contributed by atoms with E-state index in [1.165, 1.54) is 0 Å². The minimum Gasteiger partial charge on any atom is -0.303 e. The quantitative estimate of drug-likeness (QED) is 0.687. The van der Waals surface area contributed by atoms with Gasteiger partial charge in [-0.15, -0.1) is 0 Å². The Balaban J connectivity index is 2.68. The van der Waals surface area contributed by atoms with Gasteiger partial charge in [0.15, 0.2) is 0 Å². The molecule has 0 unspecified atom stereocenters. The first kappa shape index (κ1) is 9.22. The van der Waals surface area contributed by atoms with Crippen LogP contribution >= 0.6 is 11.6 Å². The monoisotopic (exact) mass is 204 g/mol. The summed E-state index contributed by atoms with van der Waals surface area (Å²) in [7, 11) is 0. The summed E-state index contributed by atoms with van der Waals surface area (Å²) in [6, 6.07) is 11.8. The van der Waals surface area contributed by atoms with Gasteiger partial charge in [0.25, 0.3) is 0 Å². The van der Waals surface area contributed by atoms with Gasteiger partial charge in [-0.1, -0.05) is 48.0 Å². The summed E-state index contributed by atoms with van der Waals surface area (Å²) in [5.41, 5.74) is 0.889. The maximum atomic E-state index is 10.4. The number of carbonyl (C=O) groups excluding carboxylic acids is 1. The van der Waals surface area contributed by atoms with Gasteiger partial charge in [-0.2, -0.15) is 0 Å². The van der Waals surface area contributed by atoms with Gasteiger partial charge < -0.3 is 4.79 Å². The topological polar surface area (TPSA) is 17.1 Å². The maximum Gasteiger partial charge on any atom is 0.124 e. The fourth-order valence-corrected chi connectivity index (χ4v) is 1.84. The van der Waals surface area contributed by atoms with E-state index in [0.29, 0.717) is 11.4 Å². The van der Waals surface area contributed by atoms with E-state index in [2.05, 4.69) is 0 Å². The highest BCUT2D eigenvalue weighted by atomic mass is 35.5. The third kappa shape index (κ3) is 1.51. The van der Waals surface area contributed by atoms with Gasteiger partial charge in [-0.3, -0.25) is 0 Å². The van der Waals surface area contributed by atoms with Crippen molar-refractivity contribution in [1.82, 2.24) is 0 Å². The fourth-order valence-electron chi connectivity index (χ4n) is 1.53. The Kier molecular flexibility index (Phi) is 2.51. The summed E-state index contributed by atoms with van der Waals surface area (Å²) in [5.74, 6) is 0. The third-order valence-corrected chi connectivity index (χ3v) is 2.69. The number of benzene rings is 2. The fraction of sp³-hybridized carbons (Fsp3) is 0.0833. The Morgan fingerprint density at radius 3 is 2.71 bits per heavy atom. The van der Waals surface area contributed by atoms with E-state index in [9.17, 15) is 4.79 Å². The smallest absolute Gasteiger partial charge is 0.124 e. The van der Waals surface area contributed by atoms with E-state index in [-0.39, 0.29) is 0 Å². The van der Waals surface area contributed by atoms with Crippen molar-refractivity contribution in [3.05, 3.63) is 47.0 Å². The molecule has 0 aliphatic heterocycles. The Bertz CT molecular complexity index is 477. The van der Waals surface area contributed by atoms with Gasteiger partial charge in [0, 0.05) is 11.8 Å². The van der Waals surface area contributed by atoms with Gasteiger partial charge in [0.05, 0.1) is 5.02 Å². The van der Waals surface area contributed by atoms with E-state index < -0.39 is 0 Å². The Morgan fingerprint density at radius 2 is 1.93 bits per heavy atom. The van der Waals surface area contributed by atoms with E-state index in [4.69, 9.17) is 11.6 Å². The van der Waals surface area contributed by atoms with Gasteiger partial charge in [-0.05, 0) is 10.9 Å². The SMILES string of the molecule is O=CCc1ccc2ccccc2c1Cl. The molecule has 0 spiro atoms. The minimum absolute atomic E-state index is 0.379. The molecule has 0 radical (unpaired) electrons. The Morgan fingerprint density at radius 1 is 1.14 bits per heavy atom. The van der Waals surface area contributed by atoms with Gasteiger partial charge in [0.1, 0.15) is 6.29 Å².